The van der Waals surface area contributed by atoms with E-state index >= 15 is 0 Å². The third-order valence-corrected chi connectivity index (χ3v) is 7.96. The van der Waals surface area contributed by atoms with Gasteiger partial charge >= 0.3 is 0 Å². The van der Waals surface area contributed by atoms with E-state index in [1.54, 1.807) is 12.1 Å². The van der Waals surface area contributed by atoms with Gasteiger partial charge in [0.2, 0.25) is 15.9 Å². The van der Waals surface area contributed by atoms with Crippen LogP contribution in [-0.4, -0.2) is 49.2 Å². The van der Waals surface area contributed by atoms with Gasteiger partial charge in [-0.05, 0) is 56.9 Å². The summed E-state index contributed by atoms with van der Waals surface area (Å²) in [6, 6.07) is 6.55. The number of carbonyl (C=O) groups excluding carboxylic acids is 1. The van der Waals surface area contributed by atoms with Crippen LogP contribution in [0.5, 0.6) is 0 Å². The smallest absolute Gasteiger partial charge is 0.243 e. The van der Waals surface area contributed by atoms with E-state index in [9.17, 15) is 13.2 Å². The van der Waals surface area contributed by atoms with Gasteiger partial charge < -0.3 is 4.90 Å². The lowest BCUT2D eigenvalue weighted by Gasteiger charge is -2.38. The summed E-state index contributed by atoms with van der Waals surface area (Å²) in [6.07, 6.45) is 7.21. The molecule has 1 saturated heterocycles. The Bertz CT molecular complexity index is 745. The van der Waals surface area contributed by atoms with Crippen molar-refractivity contribution >= 4 is 27.5 Å². The minimum absolute atomic E-state index is 0.125. The van der Waals surface area contributed by atoms with Crippen molar-refractivity contribution in [3.8, 4) is 0 Å². The van der Waals surface area contributed by atoms with Crippen molar-refractivity contribution in [1.29, 1.82) is 0 Å². The van der Waals surface area contributed by atoms with Crippen molar-refractivity contribution in [2.45, 2.75) is 62.8 Å². The van der Waals surface area contributed by atoms with Crippen molar-refractivity contribution in [2.24, 2.45) is 5.92 Å². The standard InChI is InChI=1S/C20H29ClN2O3S/c1-2-23(18-8-4-3-5-9-18)20(24)16-7-6-14-22(15-16)27(25,26)19-12-10-17(21)11-13-19/h10-13,16,18H,2-9,14-15H2,1H3. The molecule has 1 amide bonds. The Labute approximate surface area is 167 Å². The Morgan fingerprint density at radius 3 is 2.41 bits per heavy atom. The van der Waals surface area contributed by atoms with Crippen molar-refractivity contribution in [1.82, 2.24) is 9.21 Å². The summed E-state index contributed by atoms with van der Waals surface area (Å²) in [7, 11) is -3.60. The molecule has 7 heteroatoms. The van der Waals surface area contributed by atoms with E-state index in [4.69, 9.17) is 11.6 Å². The Morgan fingerprint density at radius 1 is 1.11 bits per heavy atom. The number of nitrogens with zero attached hydrogens (tertiary/aromatic N) is 2. The van der Waals surface area contributed by atoms with Crippen LogP contribution in [0.3, 0.4) is 0 Å². The molecule has 0 radical (unpaired) electrons. The maximum Gasteiger partial charge on any atom is 0.243 e. The summed E-state index contributed by atoms with van der Waals surface area (Å²) in [5.41, 5.74) is 0. The van der Waals surface area contributed by atoms with Crippen molar-refractivity contribution in [2.75, 3.05) is 19.6 Å². The van der Waals surface area contributed by atoms with E-state index in [0.717, 1.165) is 19.3 Å². The minimum atomic E-state index is -3.60. The molecule has 1 aliphatic heterocycles. The minimum Gasteiger partial charge on any atom is -0.340 e. The first-order chi connectivity index (χ1) is 12.9. The zero-order chi connectivity index (χ0) is 19.4. The van der Waals surface area contributed by atoms with Gasteiger partial charge in [0, 0.05) is 30.7 Å². The van der Waals surface area contributed by atoms with Crippen LogP contribution < -0.4 is 0 Å². The molecule has 2 fully saturated rings. The molecule has 3 rings (SSSR count). The number of amides is 1. The van der Waals surface area contributed by atoms with Gasteiger partial charge in [-0.2, -0.15) is 4.31 Å². The second-order valence-electron chi connectivity index (χ2n) is 7.57. The molecule has 0 bridgehead atoms. The Morgan fingerprint density at radius 2 is 1.78 bits per heavy atom. The number of hydrogen-bond acceptors (Lipinski definition) is 3. The van der Waals surface area contributed by atoms with Gasteiger partial charge in [-0.3, -0.25) is 4.79 Å². The highest BCUT2D eigenvalue weighted by Gasteiger charge is 2.36. The molecule has 1 atom stereocenters. The van der Waals surface area contributed by atoms with Crippen LogP contribution in [0, 0.1) is 5.92 Å². The van der Waals surface area contributed by atoms with Crippen molar-refractivity contribution < 1.29 is 13.2 Å². The van der Waals surface area contributed by atoms with E-state index in [2.05, 4.69) is 0 Å². The Hall–Kier alpha value is -1.11. The third kappa shape index (κ3) is 4.66. The van der Waals surface area contributed by atoms with Crippen molar-refractivity contribution in [3.63, 3.8) is 0 Å². The molecule has 0 aromatic heterocycles. The zero-order valence-corrected chi connectivity index (χ0v) is 17.5. The monoisotopic (exact) mass is 412 g/mol. The lowest BCUT2D eigenvalue weighted by atomic mass is 9.91. The maximum atomic E-state index is 13.2. The number of piperidine rings is 1. The van der Waals surface area contributed by atoms with Crippen molar-refractivity contribution in [3.05, 3.63) is 29.3 Å². The predicted octanol–water partition coefficient (Wildman–Crippen LogP) is 3.92. The SMILES string of the molecule is CCN(C(=O)C1CCCN(S(=O)(=O)c2ccc(Cl)cc2)C1)C1CCCCC1. The Balaban J connectivity index is 1.72. The highest BCUT2D eigenvalue weighted by Crippen LogP contribution is 2.29. The largest absolute Gasteiger partial charge is 0.340 e. The molecule has 27 heavy (non-hydrogen) atoms. The molecule has 1 heterocycles. The van der Waals surface area contributed by atoms with Gasteiger partial charge in [0.25, 0.3) is 0 Å². The molecule has 5 nitrogen and oxygen atoms in total. The van der Waals surface area contributed by atoms with E-state index in [-0.39, 0.29) is 23.3 Å². The zero-order valence-electron chi connectivity index (χ0n) is 15.9. The number of hydrogen-bond donors (Lipinski definition) is 0. The normalized spacial score (nSPS) is 22.5. The molecule has 1 aromatic carbocycles. The molecule has 2 aliphatic rings. The number of rotatable bonds is 5. The number of carbonyl (C=O) groups is 1. The lowest BCUT2D eigenvalue weighted by molar-refractivity contribution is -0.139. The number of halogens is 1. The summed E-state index contributed by atoms with van der Waals surface area (Å²) in [6.45, 7) is 3.46. The lowest BCUT2D eigenvalue weighted by Crippen LogP contribution is -2.49. The molecule has 1 unspecified atom stereocenters. The highest BCUT2D eigenvalue weighted by molar-refractivity contribution is 7.89. The molecule has 1 saturated carbocycles. The second kappa shape index (κ2) is 8.93. The number of benzene rings is 1. The van der Waals surface area contributed by atoms with Crippen LogP contribution in [0.25, 0.3) is 0 Å². The first-order valence-corrected chi connectivity index (χ1v) is 11.8. The average Bonchev–Trinajstić information content (AvgIpc) is 2.70. The van der Waals surface area contributed by atoms with Crippen LogP contribution in [-0.2, 0) is 14.8 Å². The quantitative estimate of drug-likeness (QED) is 0.736. The Kier molecular flexibility index (Phi) is 6.82. The van der Waals surface area contributed by atoms with E-state index < -0.39 is 10.0 Å². The summed E-state index contributed by atoms with van der Waals surface area (Å²) < 4.78 is 27.4. The topological polar surface area (TPSA) is 57.7 Å². The van der Waals surface area contributed by atoms with Crippen LogP contribution in [0.1, 0.15) is 51.9 Å². The first-order valence-electron chi connectivity index (χ1n) is 9.99. The van der Waals surface area contributed by atoms with Gasteiger partial charge in [0.1, 0.15) is 0 Å². The van der Waals surface area contributed by atoms with E-state index in [1.807, 2.05) is 11.8 Å². The summed E-state index contributed by atoms with van der Waals surface area (Å²) in [5, 5.41) is 0.506. The van der Waals surface area contributed by atoms with Gasteiger partial charge in [-0.15, -0.1) is 0 Å². The maximum absolute atomic E-state index is 13.2. The van der Waals surface area contributed by atoms with E-state index in [0.29, 0.717) is 30.6 Å². The summed E-state index contributed by atoms with van der Waals surface area (Å²) >= 11 is 5.88. The highest BCUT2D eigenvalue weighted by atomic mass is 35.5. The summed E-state index contributed by atoms with van der Waals surface area (Å²) in [5.74, 6) is -0.122. The molecule has 1 aliphatic carbocycles. The fourth-order valence-corrected chi connectivity index (χ4v) is 5.99. The van der Waals surface area contributed by atoms with Crippen LogP contribution in [0.2, 0.25) is 5.02 Å². The molecule has 1 aromatic rings. The molecule has 0 spiro atoms. The van der Waals surface area contributed by atoms with Crippen LogP contribution in [0.15, 0.2) is 29.2 Å². The van der Waals surface area contributed by atoms with Gasteiger partial charge in [0.15, 0.2) is 0 Å². The van der Waals surface area contributed by atoms with Crippen LogP contribution >= 0.6 is 11.6 Å². The molecular weight excluding hydrogens is 384 g/mol. The summed E-state index contributed by atoms with van der Waals surface area (Å²) in [4.78, 5) is 15.4. The fourth-order valence-electron chi connectivity index (χ4n) is 4.34. The van der Waals surface area contributed by atoms with Gasteiger partial charge in [-0.1, -0.05) is 30.9 Å². The first kappa shape index (κ1) is 20.6. The molecule has 0 N–H and O–H groups in total. The van der Waals surface area contributed by atoms with E-state index in [1.165, 1.54) is 35.7 Å². The third-order valence-electron chi connectivity index (χ3n) is 5.82. The average molecular weight is 413 g/mol. The number of sulfonamides is 1. The second-order valence-corrected chi connectivity index (χ2v) is 9.95. The van der Waals surface area contributed by atoms with Gasteiger partial charge in [0.05, 0.1) is 10.8 Å². The van der Waals surface area contributed by atoms with Gasteiger partial charge in [-0.25, -0.2) is 8.42 Å². The molecular formula is C20H29ClN2O3S. The fraction of sp³-hybridized carbons (Fsp3) is 0.650. The molecule has 150 valence electrons. The predicted molar refractivity (Wildman–Crippen MR) is 107 cm³/mol. The van der Waals surface area contributed by atoms with Crippen LogP contribution in [0.4, 0.5) is 0 Å².